The van der Waals surface area contributed by atoms with Gasteiger partial charge in [-0.05, 0) is 36.8 Å². The predicted octanol–water partition coefficient (Wildman–Crippen LogP) is 3.27. The summed E-state index contributed by atoms with van der Waals surface area (Å²) in [6.45, 7) is 4.14. The van der Waals surface area contributed by atoms with Gasteiger partial charge in [-0.15, -0.1) is 11.3 Å². The first-order valence-corrected chi connectivity index (χ1v) is 10.6. The van der Waals surface area contributed by atoms with Gasteiger partial charge in [0.1, 0.15) is 23.7 Å². The second-order valence-electron chi connectivity index (χ2n) is 7.10. The molecule has 0 radical (unpaired) electrons. The van der Waals surface area contributed by atoms with Gasteiger partial charge in [-0.1, -0.05) is 30.3 Å². The van der Waals surface area contributed by atoms with E-state index in [1.165, 1.54) is 21.8 Å². The molecule has 29 heavy (non-hydrogen) atoms. The molecule has 1 atom stereocenters. The molecule has 2 N–H and O–H groups in total. The molecule has 2 aromatic heterocycles. The molecule has 6 heteroatoms. The minimum absolute atomic E-state index is 0.0704. The average Bonchev–Trinajstić information content (AvgIpc) is 3.15. The van der Waals surface area contributed by atoms with Crippen LogP contribution in [0, 0.1) is 0 Å². The fourth-order valence-corrected chi connectivity index (χ4v) is 4.44. The molecule has 4 rings (SSSR count). The lowest BCUT2D eigenvalue weighted by Crippen LogP contribution is -3.06. The zero-order valence-electron chi connectivity index (χ0n) is 16.6. The highest BCUT2D eigenvalue weighted by Gasteiger charge is 2.15. The van der Waals surface area contributed by atoms with E-state index >= 15 is 0 Å². The van der Waals surface area contributed by atoms with E-state index in [2.05, 4.69) is 24.2 Å². The van der Waals surface area contributed by atoms with Gasteiger partial charge in [-0.3, -0.25) is 4.79 Å². The number of aromatic amines is 1. The minimum atomic E-state index is -0.0704. The zero-order chi connectivity index (χ0) is 20.2. The van der Waals surface area contributed by atoms with Crippen LogP contribution in [-0.2, 0) is 13.1 Å². The van der Waals surface area contributed by atoms with E-state index in [0.717, 1.165) is 28.3 Å². The van der Waals surface area contributed by atoms with E-state index < -0.39 is 0 Å². The maximum atomic E-state index is 12.8. The van der Waals surface area contributed by atoms with Crippen LogP contribution in [0.4, 0.5) is 0 Å². The Morgan fingerprint density at radius 3 is 2.55 bits per heavy atom. The Morgan fingerprint density at radius 1 is 1.07 bits per heavy atom. The number of nitrogens with zero attached hydrogens (tertiary/aromatic N) is 1. The van der Waals surface area contributed by atoms with Crippen LogP contribution in [0.15, 0.2) is 64.8 Å². The van der Waals surface area contributed by atoms with E-state index in [1.807, 2.05) is 54.8 Å². The first kappa shape index (κ1) is 19.4. The molecule has 0 bridgehead atoms. The van der Waals surface area contributed by atoms with Crippen molar-refractivity contribution in [3.63, 3.8) is 0 Å². The predicted molar refractivity (Wildman–Crippen MR) is 118 cm³/mol. The van der Waals surface area contributed by atoms with Crippen LogP contribution in [0.5, 0.6) is 5.75 Å². The van der Waals surface area contributed by atoms with Gasteiger partial charge in [0.15, 0.2) is 5.82 Å². The number of rotatable bonds is 7. The van der Waals surface area contributed by atoms with Gasteiger partial charge >= 0.3 is 0 Å². The summed E-state index contributed by atoms with van der Waals surface area (Å²) >= 11 is 1.52. The van der Waals surface area contributed by atoms with Crippen molar-refractivity contribution in [2.24, 2.45) is 0 Å². The van der Waals surface area contributed by atoms with E-state index in [1.54, 1.807) is 0 Å². The van der Waals surface area contributed by atoms with Crippen molar-refractivity contribution < 1.29 is 9.64 Å². The minimum Gasteiger partial charge on any atom is -0.494 e. The second-order valence-corrected chi connectivity index (χ2v) is 7.95. The smallest absolute Gasteiger partial charge is 0.260 e. The Bertz CT molecular complexity index is 1150. The van der Waals surface area contributed by atoms with Crippen molar-refractivity contribution in [2.75, 3.05) is 13.7 Å². The number of thiophene rings is 1. The van der Waals surface area contributed by atoms with Gasteiger partial charge in [0.25, 0.3) is 5.56 Å². The third-order valence-corrected chi connectivity index (χ3v) is 5.66. The monoisotopic (exact) mass is 406 g/mol. The number of ether oxygens (including phenoxy) is 1. The summed E-state index contributed by atoms with van der Waals surface area (Å²) in [5.41, 5.74) is 3.13. The third-order valence-electron chi connectivity index (χ3n) is 4.79. The van der Waals surface area contributed by atoms with Crippen LogP contribution in [0.2, 0.25) is 0 Å². The molecule has 0 aliphatic carbocycles. The van der Waals surface area contributed by atoms with E-state index in [4.69, 9.17) is 9.72 Å². The van der Waals surface area contributed by atoms with Crippen LogP contribution < -0.4 is 15.2 Å². The number of fused-ring (bicyclic) bond motifs is 1. The van der Waals surface area contributed by atoms with E-state index in [9.17, 15) is 4.79 Å². The largest absolute Gasteiger partial charge is 0.494 e. The highest BCUT2D eigenvalue weighted by atomic mass is 32.1. The Hall–Kier alpha value is -2.96. The van der Waals surface area contributed by atoms with Gasteiger partial charge in [-0.25, -0.2) is 4.98 Å². The molecule has 2 aromatic carbocycles. The molecular formula is C23H24N3O2S+. The van der Waals surface area contributed by atoms with Crippen molar-refractivity contribution >= 4 is 21.6 Å². The Kier molecular flexibility index (Phi) is 5.74. The quantitative estimate of drug-likeness (QED) is 0.495. The van der Waals surface area contributed by atoms with Gasteiger partial charge in [0.05, 0.1) is 19.0 Å². The number of aromatic nitrogens is 2. The normalized spacial score (nSPS) is 12.2. The number of hydrogen-bond donors (Lipinski definition) is 2. The molecule has 2 heterocycles. The SMILES string of the molecule is CCOc1ccc(C[NH+](C)Cc2nc3scc(-c4ccccc4)c3c(=O)[nH]2)cc1. The van der Waals surface area contributed by atoms with Gasteiger partial charge in [-0.2, -0.15) is 0 Å². The topological polar surface area (TPSA) is 59.4 Å². The van der Waals surface area contributed by atoms with Crippen molar-refractivity contribution in [2.45, 2.75) is 20.0 Å². The van der Waals surface area contributed by atoms with Gasteiger partial charge < -0.3 is 14.6 Å². The Morgan fingerprint density at radius 2 is 1.83 bits per heavy atom. The number of hydrogen-bond acceptors (Lipinski definition) is 4. The number of nitrogens with one attached hydrogen (secondary N) is 2. The van der Waals surface area contributed by atoms with Crippen molar-refractivity contribution in [1.82, 2.24) is 9.97 Å². The van der Waals surface area contributed by atoms with Crippen LogP contribution >= 0.6 is 11.3 Å². The van der Waals surface area contributed by atoms with Gasteiger partial charge in [0.2, 0.25) is 0 Å². The molecule has 4 aromatic rings. The maximum Gasteiger partial charge on any atom is 0.260 e. The lowest BCUT2D eigenvalue weighted by molar-refractivity contribution is -0.908. The fraction of sp³-hybridized carbons (Fsp3) is 0.217. The van der Waals surface area contributed by atoms with Gasteiger partial charge in [0, 0.05) is 16.5 Å². The summed E-state index contributed by atoms with van der Waals surface area (Å²) in [6, 6.07) is 18.1. The average molecular weight is 407 g/mol. The molecule has 0 saturated heterocycles. The summed E-state index contributed by atoms with van der Waals surface area (Å²) in [5.74, 6) is 1.60. The van der Waals surface area contributed by atoms with Crippen LogP contribution in [0.25, 0.3) is 21.3 Å². The lowest BCUT2D eigenvalue weighted by Gasteiger charge is -2.14. The molecule has 0 spiro atoms. The summed E-state index contributed by atoms with van der Waals surface area (Å²) in [6.07, 6.45) is 0. The summed E-state index contributed by atoms with van der Waals surface area (Å²) < 4.78 is 5.49. The Balaban J connectivity index is 1.52. The molecule has 1 unspecified atom stereocenters. The van der Waals surface area contributed by atoms with E-state index in [-0.39, 0.29) is 5.56 Å². The summed E-state index contributed by atoms with van der Waals surface area (Å²) in [5, 5.41) is 2.69. The summed E-state index contributed by atoms with van der Waals surface area (Å²) in [4.78, 5) is 22.5. The molecule has 0 amide bonds. The third kappa shape index (κ3) is 4.39. The lowest BCUT2D eigenvalue weighted by atomic mass is 10.1. The molecule has 0 aliphatic heterocycles. The summed E-state index contributed by atoms with van der Waals surface area (Å²) in [7, 11) is 2.10. The molecule has 0 aliphatic rings. The van der Waals surface area contributed by atoms with Crippen LogP contribution in [-0.4, -0.2) is 23.6 Å². The van der Waals surface area contributed by atoms with Crippen molar-refractivity contribution in [3.05, 3.63) is 81.7 Å². The number of H-pyrrole nitrogens is 1. The molecular weight excluding hydrogens is 382 g/mol. The van der Waals surface area contributed by atoms with E-state index in [0.29, 0.717) is 24.4 Å². The van der Waals surface area contributed by atoms with Crippen molar-refractivity contribution in [3.8, 4) is 16.9 Å². The highest BCUT2D eigenvalue weighted by molar-refractivity contribution is 7.17. The maximum absolute atomic E-state index is 12.8. The second kappa shape index (κ2) is 8.59. The standard InChI is InChI=1S/C23H23N3O2S/c1-3-28-18-11-9-16(10-12-18)13-26(2)14-20-24-22(27)21-19(15-29-23(21)25-20)17-7-5-4-6-8-17/h4-12,15H,3,13-14H2,1-2H3,(H,24,25,27)/p+1. The molecule has 5 nitrogen and oxygen atoms in total. The first-order chi connectivity index (χ1) is 14.1. The zero-order valence-corrected chi connectivity index (χ0v) is 17.4. The molecule has 0 fully saturated rings. The number of quaternary nitrogens is 1. The Labute approximate surface area is 173 Å². The number of benzene rings is 2. The first-order valence-electron chi connectivity index (χ1n) is 9.73. The van der Waals surface area contributed by atoms with Crippen molar-refractivity contribution in [1.29, 1.82) is 0 Å². The fourth-order valence-electron chi connectivity index (χ4n) is 3.47. The van der Waals surface area contributed by atoms with Crippen LogP contribution in [0.3, 0.4) is 0 Å². The molecule has 0 saturated carbocycles. The highest BCUT2D eigenvalue weighted by Crippen LogP contribution is 2.30. The van der Waals surface area contributed by atoms with Crippen LogP contribution in [0.1, 0.15) is 18.3 Å². The molecule has 148 valence electrons.